The molecule has 0 atom stereocenters. The van der Waals surface area contributed by atoms with Gasteiger partial charge in [-0.2, -0.15) is 13.8 Å². The number of aliphatic hydroxyl groups excluding tert-OH is 1. The lowest BCUT2D eigenvalue weighted by Gasteiger charge is -2.52. The monoisotopic (exact) mass is 552 g/mol. The Bertz CT molecular complexity index is 1100. The Hall–Kier alpha value is -2.83. The molecule has 0 saturated carbocycles. The highest BCUT2D eigenvalue weighted by Gasteiger charge is 2.42. The molecule has 0 amide bonds. The molecule has 4 rings (SSSR count). The minimum atomic E-state index is -3.04. The molecule has 12 heteroatoms. The van der Waals surface area contributed by atoms with Gasteiger partial charge in [0.1, 0.15) is 6.10 Å². The number of alkyl halides is 2. The van der Waals surface area contributed by atoms with Gasteiger partial charge >= 0.3 is 6.61 Å². The maximum absolute atomic E-state index is 14.7. The van der Waals surface area contributed by atoms with Crippen LogP contribution in [-0.4, -0.2) is 75.0 Å². The number of likely N-dealkylation sites (tertiary alicyclic amines) is 1. The number of hydrogen-bond donors (Lipinski definition) is 3. The van der Waals surface area contributed by atoms with Crippen LogP contribution in [0.4, 0.5) is 30.6 Å². The van der Waals surface area contributed by atoms with Gasteiger partial charge in [0.05, 0.1) is 12.8 Å². The fourth-order valence-electron chi connectivity index (χ4n) is 5.48. The number of nitrogens with one attached hydrogen (secondary N) is 2. The molecule has 3 heterocycles. The number of nitrogens with zero attached hydrogens (tertiary/aromatic N) is 4. The Kier molecular flexibility index (Phi) is 9.07. The molecule has 39 heavy (non-hydrogen) atoms. The largest absolute Gasteiger partial charge is 0.486 e. The molecule has 2 fully saturated rings. The van der Waals surface area contributed by atoms with Crippen LogP contribution in [0.5, 0.6) is 11.5 Å². The molecule has 0 aliphatic carbocycles. The Morgan fingerprint density at radius 2 is 1.79 bits per heavy atom. The first-order valence-corrected chi connectivity index (χ1v) is 13.4. The molecule has 2 aliphatic rings. The van der Waals surface area contributed by atoms with Crippen LogP contribution in [0.1, 0.15) is 59.8 Å². The fraction of sp³-hybridized carbons (Fsp3) is 0.630. The molecule has 2 aromatic rings. The Labute approximate surface area is 227 Å². The van der Waals surface area contributed by atoms with Gasteiger partial charge < -0.3 is 24.8 Å². The van der Waals surface area contributed by atoms with Crippen molar-refractivity contribution in [3.8, 4) is 11.5 Å². The fourth-order valence-corrected chi connectivity index (χ4v) is 5.48. The van der Waals surface area contributed by atoms with Gasteiger partial charge in [0.25, 0.3) is 0 Å². The summed E-state index contributed by atoms with van der Waals surface area (Å²) in [6, 6.07) is 4.59. The molecule has 0 unspecified atom stereocenters. The second-order valence-corrected chi connectivity index (χ2v) is 11.4. The summed E-state index contributed by atoms with van der Waals surface area (Å²) in [6.07, 6.45) is 5.29. The van der Waals surface area contributed by atoms with Gasteiger partial charge in [-0.15, -0.1) is 0 Å². The number of ether oxygens (including phenoxy) is 2. The number of benzene rings is 1. The topological polar surface area (TPSA) is 95.0 Å². The van der Waals surface area contributed by atoms with E-state index >= 15 is 0 Å². The van der Waals surface area contributed by atoms with Crippen molar-refractivity contribution in [3.63, 3.8) is 0 Å². The van der Waals surface area contributed by atoms with E-state index in [9.17, 15) is 13.2 Å². The summed E-state index contributed by atoms with van der Waals surface area (Å²) in [5, 5.41) is 14.1. The molecule has 2 aliphatic heterocycles. The Morgan fingerprint density at radius 3 is 2.44 bits per heavy atom. The van der Waals surface area contributed by atoms with E-state index in [1.807, 2.05) is 5.01 Å². The maximum atomic E-state index is 14.7. The van der Waals surface area contributed by atoms with Gasteiger partial charge in [-0.1, -0.05) is 0 Å². The third-order valence-electron chi connectivity index (χ3n) is 7.41. The third kappa shape index (κ3) is 7.43. The number of hydrogen-bond acceptors (Lipinski definition) is 9. The number of aromatic nitrogens is 2. The molecule has 1 aromatic carbocycles. The zero-order chi connectivity index (χ0) is 28.2. The minimum absolute atomic E-state index is 0.0205. The second kappa shape index (κ2) is 12.1. The summed E-state index contributed by atoms with van der Waals surface area (Å²) in [5.41, 5.74) is 3.10. The minimum Gasteiger partial charge on any atom is -0.486 e. The van der Waals surface area contributed by atoms with Gasteiger partial charge in [-0.3, -0.25) is 5.43 Å². The number of piperidine rings is 2. The van der Waals surface area contributed by atoms with Gasteiger partial charge in [0.2, 0.25) is 5.95 Å². The van der Waals surface area contributed by atoms with Crippen LogP contribution >= 0.6 is 0 Å². The molecular weight excluding hydrogens is 513 g/mol. The number of rotatable bonds is 10. The van der Waals surface area contributed by atoms with E-state index in [1.165, 1.54) is 6.07 Å². The lowest BCUT2D eigenvalue weighted by molar-refractivity contribution is -0.0524. The normalized spacial score (nSPS) is 20.1. The molecule has 0 radical (unpaired) electrons. The average molecular weight is 553 g/mol. The SMILES string of the molecule is CC1(C)CCCC(C)(C)N1Nc1nc(Nc2ccc(OC3CCN(CCO)CC3)c(OC(F)F)c2)ncc1F. The van der Waals surface area contributed by atoms with Crippen molar-refractivity contribution in [3.05, 3.63) is 30.2 Å². The highest BCUT2D eigenvalue weighted by Crippen LogP contribution is 2.38. The summed E-state index contributed by atoms with van der Waals surface area (Å²) < 4.78 is 51.9. The van der Waals surface area contributed by atoms with Crippen molar-refractivity contribution in [2.45, 2.75) is 83.6 Å². The van der Waals surface area contributed by atoms with Gasteiger partial charge in [-0.05, 0) is 71.9 Å². The third-order valence-corrected chi connectivity index (χ3v) is 7.41. The van der Waals surface area contributed by atoms with Gasteiger partial charge in [0.15, 0.2) is 23.1 Å². The quantitative estimate of drug-likeness (QED) is 0.369. The number of aliphatic hydroxyl groups is 1. The van der Waals surface area contributed by atoms with Crippen molar-refractivity contribution in [2.75, 3.05) is 37.0 Å². The smallest absolute Gasteiger partial charge is 0.387 e. The van der Waals surface area contributed by atoms with Crippen LogP contribution in [0, 0.1) is 5.82 Å². The molecule has 0 bridgehead atoms. The number of hydrazine groups is 1. The first kappa shape index (κ1) is 29.2. The number of anilines is 3. The van der Waals surface area contributed by atoms with Crippen LogP contribution in [0.2, 0.25) is 0 Å². The maximum Gasteiger partial charge on any atom is 0.387 e. The van der Waals surface area contributed by atoms with E-state index in [1.54, 1.807) is 12.1 Å². The highest BCUT2D eigenvalue weighted by atomic mass is 19.3. The van der Waals surface area contributed by atoms with Gasteiger partial charge in [-0.25, -0.2) is 14.4 Å². The number of halogens is 3. The van der Waals surface area contributed by atoms with Crippen LogP contribution < -0.4 is 20.2 Å². The first-order chi connectivity index (χ1) is 18.5. The molecule has 0 spiro atoms. The van der Waals surface area contributed by atoms with Crippen molar-refractivity contribution < 1.29 is 27.8 Å². The molecule has 3 N–H and O–H groups in total. The lowest BCUT2D eigenvalue weighted by Crippen LogP contribution is -2.61. The lowest BCUT2D eigenvalue weighted by atomic mass is 9.81. The molecule has 2 saturated heterocycles. The van der Waals surface area contributed by atoms with Crippen molar-refractivity contribution >= 4 is 17.5 Å². The van der Waals surface area contributed by atoms with Crippen molar-refractivity contribution in [2.24, 2.45) is 0 Å². The molecule has 9 nitrogen and oxygen atoms in total. The summed E-state index contributed by atoms with van der Waals surface area (Å²) >= 11 is 0. The van der Waals surface area contributed by atoms with E-state index < -0.39 is 12.4 Å². The predicted octanol–water partition coefficient (Wildman–Crippen LogP) is 5.17. The van der Waals surface area contributed by atoms with Gasteiger partial charge in [0, 0.05) is 42.5 Å². The Morgan fingerprint density at radius 1 is 1.10 bits per heavy atom. The number of β-amino-alcohol motifs (C(OH)–C–C–N with tert-alkyl or cyclic N) is 1. The van der Waals surface area contributed by atoms with Crippen LogP contribution in [0.25, 0.3) is 0 Å². The first-order valence-electron chi connectivity index (χ1n) is 13.4. The van der Waals surface area contributed by atoms with E-state index in [2.05, 4.69) is 53.3 Å². The van der Waals surface area contributed by atoms with Crippen LogP contribution in [0.3, 0.4) is 0 Å². The zero-order valence-corrected chi connectivity index (χ0v) is 23.0. The van der Waals surface area contributed by atoms with E-state index in [-0.39, 0.29) is 47.1 Å². The molecular formula is C27H39F3N6O3. The summed E-state index contributed by atoms with van der Waals surface area (Å²) in [4.78, 5) is 10.5. The van der Waals surface area contributed by atoms with Crippen LogP contribution in [-0.2, 0) is 0 Å². The average Bonchev–Trinajstić information content (AvgIpc) is 2.85. The van der Waals surface area contributed by atoms with Crippen molar-refractivity contribution in [1.29, 1.82) is 0 Å². The Balaban J connectivity index is 1.49. The summed E-state index contributed by atoms with van der Waals surface area (Å²) in [6.45, 7) is 7.57. The van der Waals surface area contributed by atoms with Crippen LogP contribution in [0.15, 0.2) is 24.4 Å². The molecule has 216 valence electrons. The van der Waals surface area contributed by atoms with Crippen molar-refractivity contribution in [1.82, 2.24) is 19.9 Å². The van der Waals surface area contributed by atoms with E-state index in [0.717, 1.165) is 38.5 Å². The van der Waals surface area contributed by atoms with E-state index in [0.29, 0.717) is 25.1 Å². The zero-order valence-electron chi connectivity index (χ0n) is 23.0. The predicted molar refractivity (Wildman–Crippen MR) is 143 cm³/mol. The summed E-state index contributed by atoms with van der Waals surface area (Å²) in [5.74, 6) is -0.400. The second-order valence-electron chi connectivity index (χ2n) is 11.4. The van der Waals surface area contributed by atoms with E-state index in [4.69, 9.17) is 14.6 Å². The molecule has 1 aromatic heterocycles. The standard InChI is InChI=1S/C27H39F3N6O3/c1-26(2)10-5-11-27(3,4)36(26)34-23-20(28)17-31-25(33-23)32-18-6-7-21(22(16-18)39-24(29)30)38-19-8-12-35(13-9-19)14-15-37/h6-7,16-17,19,24,37H,5,8-15H2,1-4H3,(H2,31,32,33,34). The highest BCUT2D eigenvalue weighted by molar-refractivity contribution is 5.60. The summed E-state index contributed by atoms with van der Waals surface area (Å²) in [7, 11) is 0.